The molecule has 1 amide bonds. The third kappa shape index (κ3) is 6.66. The molecule has 11 heteroatoms. The van der Waals surface area contributed by atoms with E-state index in [1.54, 1.807) is 6.07 Å². The molecule has 3 N–H and O–H groups in total. The summed E-state index contributed by atoms with van der Waals surface area (Å²) in [5.41, 5.74) is 0.277. The molecule has 1 aromatic heterocycles. The van der Waals surface area contributed by atoms with Crippen molar-refractivity contribution in [3.05, 3.63) is 29.7 Å². The van der Waals surface area contributed by atoms with Gasteiger partial charge in [0.2, 0.25) is 0 Å². The first-order valence-corrected chi connectivity index (χ1v) is 13.8. The molecule has 0 radical (unpaired) electrons. The van der Waals surface area contributed by atoms with Crippen LogP contribution < -0.4 is 10.0 Å². The largest absolute Gasteiger partial charge is 0.396 e. The summed E-state index contributed by atoms with van der Waals surface area (Å²) < 4.78 is 35.8. The molecular formula is C23H37N5O5S. The highest BCUT2D eigenvalue weighted by atomic mass is 32.2. The fraction of sp³-hybridized carbons (Fsp3) is 0.739. The van der Waals surface area contributed by atoms with Crippen LogP contribution in [0.5, 0.6) is 0 Å². The number of rotatable bonds is 10. The Morgan fingerprint density at radius 2 is 1.91 bits per heavy atom. The Morgan fingerprint density at radius 3 is 2.59 bits per heavy atom. The van der Waals surface area contributed by atoms with E-state index in [1.165, 1.54) is 4.31 Å². The molecule has 4 rings (SSSR count). The zero-order valence-corrected chi connectivity index (χ0v) is 20.7. The number of aliphatic hydroxyl groups excluding tert-OH is 1. The lowest BCUT2D eigenvalue weighted by Crippen LogP contribution is -2.52. The fourth-order valence-electron chi connectivity index (χ4n) is 4.80. The van der Waals surface area contributed by atoms with Crippen LogP contribution in [0.3, 0.4) is 0 Å². The summed E-state index contributed by atoms with van der Waals surface area (Å²) in [7, 11) is -1.59. The Hall–Kier alpha value is -1.79. The maximum atomic E-state index is 13.1. The van der Waals surface area contributed by atoms with Crippen LogP contribution >= 0.6 is 0 Å². The number of carbonyl (C=O) groups is 1. The maximum absolute atomic E-state index is 13.1. The van der Waals surface area contributed by atoms with Crippen LogP contribution in [0, 0.1) is 0 Å². The van der Waals surface area contributed by atoms with E-state index in [4.69, 9.17) is 9.63 Å². The molecule has 2 fully saturated rings. The van der Waals surface area contributed by atoms with E-state index in [1.807, 2.05) is 19.2 Å². The van der Waals surface area contributed by atoms with Gasteiger partial charge in [0.1, 0.15) is 5.76 Å². The summed E-state index contributed by atoms with van der Waals surface area (Å²) in [6, 6.07) is 1.56. The predicted octanol–water partition coefficient (Wildman–Crippen LogP) is 1.37. The van der Waals surface area contributed by atoms with Crippen molar-refractivity contribution in [2.45, 2.75) is 75.4 Å². The first-order chi connectivity index (χ1) is 16.4. The van der Waals surface area contributed by atoms with Crippen molar-refractivity contribution in [3.8, 4) is 0 Å². The number of aromatic nitrogens is 1. The van der Waals surface area contributed by atoms with Crippen molar-refractivity contribution in [3.63, 3.8) is 0 Å². The van der Waals surface area contributed by atoms with Gasteiger partial charge >= 0.3 is 0 Å². The highest BCUT2D eigenvalue weighted by Crippen LogP contribution is 2.40. The second-order valence-electron chi connectivity index (χ2n) is 9.75. The van der Waals surface area contributed by atoms with Gasteiger partial charge in [0.05, 0.1) is 0 Å². The number of hydrogen-bond donors (Lipinski definition) is 3. The van der Waals surface area contributed by atoms with Crippen LogP contribution in [0.25, 0.3) is 0 Å². The molecule has 0 bridgehead atoms. The standard InChI is InChI=1S/C23H37N5O5S/c1-27(11-4-14-29)20-9-12-28(13-10-20)34(31,32)26-19-6-3-2-5-18(15-19)24-23(30)21-16-22(33-25-21)17-7-8-17/h2-3,16-20,26,29H,4-15H2,1H3,(H,24,30)/t18-,19-/m0/s1. The lowest BCUT2D eigenvalue weighted by molar-refractivity contribution is 0.0925. The van der Waals surface area contributed by atoms with Crippen molar-refractivity contribution < 1.29 is 22.8 Å². The molecule has 3 aliphatic rings. The Bertz CT molecular complexity index is 953. The number of carbonyl (C=O) groups excluding carboxylic acids is 1. The van der Waals surface area contributed by atoms with Crippen LogP contribution in [0.1, 0.15) is 73.5 Å². The van der Waals surface area contributed by atoms with Gasteiger partial charge in [-0.25, -0.2) is 0 Å². The summed E-state index contributed by atoms with van der Waals surface area (Å²) >= 11 is 0. The first-order valence-electron chi connectivity index (χ1n) is 12.4. The molecule has 190 valence electrons. The van der Waals surface area contributed by atoms with Gasteiger partial charge in [0, 0.05) is 56.4 Å². The molecule has 0 spiro atoms. The fourth-order valence-corrected chi connectivity index (χ4v) is 6.25. The zero-order chi connectivity index (χ0) is 24.1. The monoisotopic (exact) mass is 495 g/mol. The highest BCUT2D eigenvalue weighted by Gasteiger charge is 2.33. The van der Waals surface area contributed by atoms with Crippen molar-refractivity contribution >= 4 is 16.1 Å². The Balaban J connectivity index is 1.28. The van der Waals surface area contributed by atoms with Gasteiger partial charge in [0.25, 0.3) is 16.1 Å². The van der Waals surface area contributed by atoms with Crippen LogP contribution in [0.2, 0.25) is 0 Å². The minimum Gasteiger partial charge on any atom is -0.396 e. The zero-order valence-electron chi connectivity index (χ0n) is 19.9. The van der Waals surface area contributed by atoms with Gasteiger partial charge in [-0.05, 0) is 58.4 Å². The second kappa shape index (κ2) is 11.3. The van der Waals surface area contributed by atoms with Crippen LogP contribution in [0.4, 0.5) is 0 Å². The van der Waals surface area contributed by atoms with Crippen molar-refractivity contribution in [2.24, 2.45) is 0 Å². The van der Waals surface area contributed by atoms with E-state index < -0.39 is 10.2 Å². The molecular weight excluding hydrogens is 458 g/mol. The summed E-state index contributed by atoms with van der Waals surface area (Å²) in [4.78, 5) is 14.9. The lowest BCUT2D eigenvalue weighted by Gasteiger charge is -2.36. The molecule has 1 aliphatic heterocycles. The molecule has 10 nitrogen and oxygen atoms in total. The van der Waals surface area contributed by atoms with E-state index in [2.05, 4.69) is 20.1 Å². The summed E-state index contributed by atoms with van der Waals surface area (Å²) in [5.74, 6) is 0.865. The average molecular weight is 496 g/mol. The topological polar surface area (TPSA) is 128 Å². The van der Waals surface area contributed by atoms with Crippen LogP contribution in [0.15, 0.2) is 22.7 Å². The minimum absolute atomic E-state index is 0.166. The Labute approximate surface area is 201 Å². The number of amides is 1. The third-order valence-corrected chi connectivity index (χ3v) is 8.70. The summed E-state index contributed by atoms with van der Waals surface area (Å²) in [6.45, 7) is 1.92. The van der Waals surface area contributed by atoms with Crippen LogP contribution in [-0.2, 0) is 10.2 Å². The van der Waals surface area contributed by atoms with E-state index in [9.17, 15) is 13.2 Å². The van der Waals surface area contributed by atoms with Crippen molar-refractivity contribution in [1.29, 1.82) is 0 Å². The lowest BCUT2D eigenvalue weighted by atomic mass is 10.1. The molecule has 0 unspecified atom stereocenters. The highest BCUT2D eigenvalue weighted by molar-refractivity contribution is 7.87. The molecule has 2 aliphatic carbocycles. The van der Waals surface area contributed by atoms with E-state index in [0.717, 1.165) is 44.4 Å². The van der Waals surface area contributed by atoms with Crippen LogP contribution in [-0.4, -0.2) is 85.2 Å². The van der Waals surface area contributed by atoms with Gasteiger partial charge in [-0.3, -0.25) is 4.79 Å². The van der Waals surface area contributed by atoms with Gasteiger partial charge in [-0.1, -0.05) is 17.3 Å². The van der Waals surface area contributed by atoms with E-state index in [0.29, 0.717) is 44.3 Å². The molecule has 34 heavy (non-hydrogen) atoms. The molecule has 0 aromatic carbocycles. The molecule has 2 atom stereocenters. The number of aliphatic hydroxyl groups is 1. The quantitative estimate of drug-likeness (QED) is 0.418. The number of nitrogens with one attached hydrogen (secondary N) is 2. The minimum atomic E-state index is -3.62. The van der Waals surface area contributed by atoms with E-state index in [-0.39, 0.29) is 30.3 Å². The molecule has 2 heterocycles. The predicted molar refractivity (Wildman–Crippen MR) is 127 cm³/mol. The molecule has 1 saturated carbocycles. The normalized spacial score (nSPS) is 24.9. The van der Waals surface area contributed by atoms with Gasteiger partial charge in [-0.15, -0.1) is 0 Å². The van der Waals surface area contributed by atoms with Gasteiger partial charge in [0.15, 0.2) is 5.69 Å². The Morgan fingerprint density at radius 1 is 1.21 bits per heavy atom. The number of piperidine rings is 1. The van der Waals surface area contributed by atoms with E-state index >= 15 is 0 Å². The first kappa shape index (κ1) is 25.3. The smallest absolute Gasteiger partial charge is 0.279 e. The van der Waals surface area contributed by atoms with Crippen molar-refractivity contribution in [2.75, 3.05) is 33.3 Å². The third-order valence-electron chi connectivity index (χ3n) is 7.02. The second-order valence-corrected chi connectivity index (χ2v) is 11.4. The molecule has 1 saturated heterocycles. The summed E-state index contributed by atoms with van der Waals surface area (Å²) in [6.07, 6.45) is 10.1. The maximum Gasteiger partial charge on any atom is 0.279 e. The molecule has 1 aromatic rings. The van der Waals surface area contributed by atoms with Crippen molar-refractivity contribution in [1.82, 2.24) is 24.4 Å². The van der Waals surface area contributed by atoms with Gasteiger partial charge < -0.3 is 19.8 Å². The van der Waals surface area contributed by atoms with Gasteiger partial charge in [-0.2, -0.15) is 17.4 Å². The number of nitrogens with zero attached hydrogens (tertiary/aromatic N) is 3. The average Bonchev–Trinajstić information content (AvgIpc) is 3.59. The SMILES string of the molecule is CN(CCCO)C1CCN(S(=O)(=O)N[C@H]2CC=CC[C@H](NC(=O)c3cc(C4CC4)on3)C2)CC1. The summed E-state index contributed by atoms with van der Waals surface area (Å²) in [5, 5.41) is 15.9. The number of hydrogen-bond acceptors (Lipinski definition) is 7. The Kier molecular flexibility index (Phi) is 8.41.